The molecule has 2 rings (SSSR count). The molecule has 0 aliphatic carbocycles. The molecular formula is C54H86ClN11O15. The van der Waals surface area contributed by atoms with Crippen LogP contribution in [0.3, 0.4) is 0 Å². The van der Waals surface area contributed by atoms with Crippen molar-refractivity contribution in [1.29, 1.82) is 0 Å². The fourth-order valence-corrected chi connectivity index (χ4v) is 8.93. The molecule has 1 aliphatic rings. The van der Waals surface area contributed by atoms with Crippen LogP contribution in [0.4, 0.5) is 0 Å². The lowest BCUT2D eigenvalue weighted by Crippen LogP contribution is -2.62. The van der Waals surface area contributed by atoms with E-state index < -0.39 is 175 Å². The number of esters is 1. The van der Waals surface area contributed by atoms with Gasteiger partial charge in [-0.25, -0.2) is 4.79 Å². The first-order valence-electron chi connectivity index (χ1n) is 27.3. The van der Waals surface area contributed by atoms with Gasteiger partial charge in [0.25, 0.3) is 0 Å². The molecule has 14 atom stereocenters. The predicted molar refractivity (Wildman–Crippen MR) is 296 cm³/mol. The van der Waals surface area contributed by atoms with Crippen LogP contribution in [-0.4, -0.2) is 178 Å². The average molecular weight is 1160 g/mol. The molecular weight excluding hydrogens is 1080 g/mol. The smallest absolute Gasteiger partial charge is 0.328 e. The zero-order chi connectivity index (χ0) is 61.4. The van der Waals surface area contributed by atoms with Gasteiger partial charge in [0.2, 0.25) is 65.5 Å². The Balaban J connectivity index is 2.83. The maximum Gasteiger partial charge on any atom is 0.328 e. The first-order chi connectivity index (χ1) is 37.9. The molecule has 1 aliphatic heterocycles. The summed E-state index contributed by atoms with van der Waals surface area (Å²) in [7, 11) is 1.30. The molecule has 13 N–H and O–H groups in total. The lowest BCUT2D eigenvalue weighted by atomic mass is 9.95. The van der Waals surface area contributed by atoms with E-state index in [2.05, 4.69) is 47.9 Å². The topological polar surface area (TPSA) is 392 Å². The number of alkyl halides is 1. The number of nitrogens with one attached hydrogen (secondary N) is 9. The van der Waals surface area contributed by atoms with Gasteiger partial charge in [-0.1, -0.05) is 78.3 Å². The Bertz CT molecular complexity index is 2330. The monoisotopic (exact) mass is 1160 g/mol. The molecule has 11 amide bonds. The fourth-order valence-electron chi connectivity index (χ4n) is 8.78. The number of aliphatic hydroxyl groups is 2. The number of carbonyl (C=O) groups is 12. The normalized spacial score (nSPS) is 26.6. The molecule has 0 spiro atoms. The number of rotatable bonds is 18. The van der Waals surface area contributed by atoms with E-state index in [4.69, 9.17) is 22.1 Å². The van der Waals surface area contributed by atoms with Crippen LogP contribution in [0.15, 0.2) is 30.3 Å². The van der Waals surface area contributed by atoms with E-state index in [0.717, 1.165) is 11.8 Å². The van der Waals surface area contributed by atoms with Crippen LogP contribution < -0.4 is 53.6 Å². The van der Waals surface area contributed by atoms with Gasteiger partial charge < -0.3 is 73.4 Å². The molecule has 1 heterocycles. The van der Waals surface area contributed by atoms with E-state index in [0.29, 0.717) is 18.4 Å². The number of nitrogens with two attached hydrogens (primary N) is 1. The number of hydrogen-bond donors (Lipinski definition) is 12. The summed E-state index contributed by atoms with van der Waals surface area (Å²) in [4.78, 5) is 165. The number of cyclic esters (lactones) is 1. The summed E-state index contributed by atoms with van der Waals surface area (Å²) in [6, 6.07) is -4.87. The largest absolute Gasteiger partial charge is 0.459 e. The Morgan fingerprint density at radius 2 is 1.40 bits per heavy atom. The minimum absolute atomic E-state index is 0.00840. The summed E-state index contributed by atoms with van der Waals surface area (Å²) < 4.78 is 5.74. The first-order valence-corrected chi connectivity index (χ1v) is 27.7. The van der Waals surface area contributed by atoms with Gasteiger partial charge in [-0.3, -0.25) is 52.7 Å². The van der Waals surface area contributed by atoms with Gasteiger partial charge in [-0.15, -0.1) is 11.6 Å². The number of ether oxygens (including phenoxy) is 1. The summed E-state index contributed by atoms with van der Waals surface area (Å²) in [6.07, 6.45) is -6.05. The van der Waals surface area contributed by atoms with E-state index in [9.17, 15) is 67.7 Å². The molecule has 0 saturated carbocycles. The molecule has 0 unspecified atom stereocenters. The third-order valence-corrected chi connectivity index (χ3v) is 13.9. The summed E-state index contributed by atoms with van der Waals surface area (Å²) in [6.45, 7) is 14.9. The fraction of sp³-hybridized carbons (Fsp3) is 0.667. The highest BCUT2D eigenvalue weighted by atomic mass is 35.5. The highest BCUT2D eigenvalue weighted by Crippen LogP contribution is 2.19. The van der Waals surface area contributed by atoms with Gasteiger partial charge in [-0.2, -0.15) is 0 Å². The minimum atomic E-state index is -1.84. The van der Waals surface area contributed by atoms with Gasteiger partial charge in [-0.05, 0) is 70.8 Å². The van der Waals surface area contributed by atoms with Crippen LogP contribution in [0.5, 0.6) is 0 Å². The summed E-state index contributed by atoms with van der Waals surface area (Å²) in [5.41, 5.74) is 5.98. The quantitative estimate of drug-likeness (QED) is 0.0438. The lowest BCUT2D eigenvalue weighted by molar-refractivity contribution is -0.156. The van der Waals surface area contributed by atoms with E-state index in [-0.39, 0.29) is 37.5 Å². The Kier molecular flexibility index (Phi) is 29.8. The molecule has 1 saturated heterocycles. The zero-order valence-corrected chi connectivity index (χ0v) is 48.9. The number of amides is 11. The minimum Gasteiger partial charge on any atom is -0.459 e. The molecule has 1 aromatic rings. The van der Waals surface area contributed by atoms with Gasteiger partial charge in [0.15, 0.2) is 0 Å². The highest BCUT2D eigenvalue weighted by molar-refractivity contribution is 6.20. The van der Waals surface area contributed by atoms with Crippen LogP contribution in [0.1, 0.15) is 120 Å². The maximum absolute atomic E-state index is 14.4. The molecule has 0 radical (unpaired) electrons. The van der Waals surface area contributed by atoms with Gasteiger partial charge in [0.05, 0.1) is 31.2 Å². The van der Waals surface area contributed by atoms with Crippen molar-refractivity contribution < 1.29 is 72.5 Å². The van der Waals surface area contributed by atoms with Crippen LogP contribution in [-0.2, 0) is 68.7 Å². The predicted octanol–water partition coefficient (Wildman–Crippen LogP) is -1.80. The van der Waals surface area contributed by atoms with Crippen molar-refractivity contribution in [2.75, 3.05) is 13.6 Å². The Morgan fingerprint density at radius 3 is 1.95 bits per heavy atom. The van der Waals surface area contributed by atoms with Crippen molar-refractivity contribution in [1.82, 2.24) is 52.8 Å². The van der Waals surface area contributed by atoms with E-state index in [1.807, 2.05) is 0 Å². The lowest BCUT2D eigenvalue weighted by Gasteiger charge is -2.34. The third kappa shape index (κ3) is 23.6. The number of aliphatic hydroxyl groups excluding tert-OH is 2. The number of carbonyl (C=O) groups excluding carboxylic acids is 12. The van der Waals surface area contributed by atoms with Gasteiger partial charge in [0.1, 0.15) is 54.4 Å². The van der Waals surface area contributed by atoms with Gasteiger partial charge in [0, 0.05) is 31.2 Å². The van der Waals surface area contributed by atoms with Gasteiger partial charge >= 0.3 is 5.97 Å². The van der Waals surface area contributed by atoms with Crippen molar-refractivity contribution in [3.63, 3.8) is 0 Å². The molecule has 1 fully saturated rings. The van der Waals surface area contributed by atoms with Crippen LogP contribution in [0.2, 0.25) is 0 Å². The van der Waals surface area contributed by atoms with Crippen molar-refractivity contribution in [2.24, 2.45) is 23.5 Å². The van der Waals surface area contributed by atoms with Crippen LogP contribution in [0.25, 0.3) is 0 Å². The number of likely N-dealkylation sites (N-methyl/N-ethyl adjacent to an activating group) is 1. The van der Waals surface area contributed by atoms with E-state index in [1.165, 1.54) is 27.8 Å². The molecule has 0 aromatic heterocycles. The second-order valence-corrected chi connectivity index (χ2v) is 22.2. The highest BCUT2D eigenvalue weighted by Gasteiger charge is 2.40. The zero-order valence-electron chi connectivity index (χ0n) is 48.2. The van der Waals surface area contributed by atoms with Crippen molar-refractivity contribution in [3.8, 4) is 0 Å². The second-order valence-electron chi connectivity index (χ2n) is 21.5. The maximum atomic E-state index is 14.4. The van der Waals surface area contributed by atoms with E-state index >= 15 is 0 Å². The summed E-state index contributed by atoms with van der Waals surface area (Å²) in [5.74, 6) is -11.5. The number of halogens is 1. The SMILES string of the molecule is CCC[C@@H]1NC(=O)CNC(=O)[C@H](Cc2ccccc2)NC(=O)[C@H]([C@H](C)O)NC(=O)[C@H](CCC(N)=O)NC(=O)[C@H]([C@H](C)[C@@H](C)Cl)NC(=O)[C@H](CC(C)C)N(C)C(=O)[C@H](C)NC(=O)C[C@@H](O)[C@@H](NC(=O)[C@@H](CC(C)C)NC=O)[C@H](C)OC1=O. The van der Waals surface area contributed by atoms with Crippen molar-refractivity contribution >= 4 is 83.1 Å². The molecule has 1 aromatic carbocycles. The average Bonchev–Trinajstić information content (AvgIpc) is 3.39. The van der Waals surface area contributed by atoms with E-state index in [1.54, 1.807) is 71.9 Å². The Hall–Kier alpha value is -6.93. The number of nitrogens with zero attached hydrogens (tertiary/aromatic N) is 1. The Morgan fingerprint density at radius 1 is 0.790 bits per heavy atom. The molecule has 81 heavy (non-hydrogen) atoms. The summed E-state index contributed by atoms with van der Waals surface area (Å²) in [5, 5.41) is 44.3. The standard InChI is InChI=1S/C54H86ClN11O15/c1-12-16-36-54(80)81-33(10)46(65-49(75)37(58-26-67)21-27(2)3)40(69)24-42(71)59-31(8)53(79)66(11)39(22-28(4)5)50(76)63-44(29(6)30(7)55)51(77)61-35(19-20-41(56)70)48(74)64-45(32(9)68)52(78)62-38(23-34-17-14-13-15-18-34)47(73)57-25-43(72)60-36/h13-15,17-18,26-33,35-40,44-46,68-69H,12,16,19-25H2,1-11H3,(H2,56,70)(H,57,73)(H,58,67)(H,59,71)(H,60,72)(H,61,77)(H,62,78)(H,63,76)(H,64,74)(H,65,75)/t29-,30-,31+,32+,33+,35+,36+,37-,38+,39+,40-,44+,45+,46+/m1/s1. The Labute approximate surface area is 478 Å². The van der Waals surface area contributed by atoms with Crippen LogP contribution >= 0.6 is 11.6 Å². The third-order valence-electron chi connectivity index (χ3n) is 13.5. The van der Waals surface area contributed by atoms with Crippen molar-refractivity contribution in [2.45, 2.75) is 199 Å². The molecule has 0 bridgehead atoms. The number of benzene rings is 1. The molecule has 26 nitrogen and oxygen atoms in total. The number of hydrogen-bond acceptors (Lipinski definition) is 15. The second kappa shape index (κ2) is 34.4. The summed E-state index contributed by atoms with van der Waals surface area (Å²) >= 11 is 6.52. The number of primary amides is 1. The molecule has 454 valence electrons. The van der Waals surface area contributed by atoms with Crippen molar-refractivity contribution in [3.05, 3.63) is 35.9 Å². The molecule has 27 heteroatoms. The first kappa shape index (κ1) is 70.2. The van der Waals surface area contributed by atoms with Crippen LogP contribution in [0, 0.1) is 17.8 Å².